The zero-order valence-electron chi connectivity index (χ0n) is 54.8. The van der Waals surface area contributed by atoms with Crippen molar-refractivity contribution in [3.63, 3.8) is 0 Å². The molecule has 0 atom stereocenters. The highest BCUT2D eigenvalue weighted by atomic mass is 35.5. The van der Waals surface area contributed by atoms with E-state index in [2.05, 4.69) is 114 Å². The van der Waals surface area contributed by atoms with E-state index in [-0.39, 0.29) is 48.0 Å². The molecule has 6 amide bonds. The molecule has 0 N–H and O–H groups in total. The molecule has 0 saturated heterocycles. The molecular weight excluding hydrogens is 1200 g/mol. The Morgan fingerprint density at radius 3 is 1.07 bits per heavy atom. The Bertz CT molecular complexity index is 1550. The number of rotatable bonds is 27. The van der Waals surface area contributed by atoms with Crippen LogP contribution in [-0.2, 0) is 0 Å². The molecule has 21 heteroatoms. The molecule has 0 unspecified atom stereocenters. The van der Waals surface area contributed by atoms with Crippen LogP contribution in [0, 0.1) is 23.7 Å². The fraction of sp³-hybridized carbons (Fsp3) is 0.867. The Hall–Kier alpha value is -0.470. The normalized spacial score (nSPS) is 11.9. The number of hydrogen-bond acceptors (Lipinski definition) is 11. The van der Waals surface area contributed by atoms with Crippen molar-refractivity contribution in [1.82, 2.24) is 29.4 Å². The van der Waals surface area contributed by atoms with Crippen molar-refractivity contribution in [2.24, 2.45) is 23.7 Å². The zero-order chi connectivity index (χ0) is 63.6. The van der Waals surface area contributed by atoms with Crippen LogP contribution in [0.5, 0.6) is 0 Å². The maximum Gasteiger partial charge on any atom is 0.282 e. The fourth-order valence-corrected chi connectivity index (χ4v) is 12.2. The summed E-state index contributed by atoms with van der Waals surface area (Å²) in [6.45, 7) is 51.6. The molecule has 0 spiro atoms. The Morgan fingerprint density at radius 1 is 0.444 bits per heavy atom. The number of carbonyl (C=O) groups is 6. The topological polar surface area (TPSA) is 122 Å². The van der Waals surface area contributed by atoms with Crippen molar-refractivity contribution < 1.29 is 28.8 Å². The summed E-state index contributed by atoms with van der Waals surface area (Å²) in [4.78, 5) is 80.8. The third-order valence-corrected chi connectivity index (χ3v) is 16.8. The van der Waals surface area contributed by atoms with Gasteiger partial charge in [0.25, 0.3) is 31.4 Å². The minimum Gasteiger partial charge on any atom is -0.334 e. The molecule has 0 bridgehead atoms. The van der Waals surface area contributed by atoms with Gasteiger partial charge in [-0.25, -0.2) is 0 Å². The lowest BCUT2D eigenvalue weighted by atomic mass is 9.94. The number of thiol groups is 1. The van der Waals surface area contributed by atoms with Crippen LogP contribution in [0.4, 0.5) is 28.8 Å². The predicted molar refractivity (Wildman–Crippen MR) is 374 cm³/mol. The van der Waals surface area contributed by atoms with E-state index in [9.17, 15) is 28.8 Å². The van der Waals surface area contributed by atoms with Crippen molar-refractivity contribution in [2.75, 3.05) is 87.7 Å². The quantitative estimate of drug-likeness (QED) is 0.0791. The van der Waals surface area contributed by atoms with Gasteiger partial charge in [-0.1, -0.05) is 236 Å². The summed E-state index contributed by atoms with van der Waals surface area (Å²) < 4.78 is 0.0163. The van der Waals surface area contributed by atoms with Crippen LogP contribution in [0.1, 0.15) is 210 Å². The first-order valence-electron chi connectivity index (χ1n) is 30.3. The van der Waals surface area contributed by atoms with Gasteiger partial charge in [-0.3, -0.25) is 28.8 Å². The lowest BCUT2D eigenvalue weighted by Gasteiger charge is -2.33. The molecule has 1 saturated carbocycles. The van der Waals surface area contributed by atoms with Gasteiger partial charge in [-0.15, -0.1) is 0 Å². The molecule has 1 rings (SSSR count). The Labute approximate surface area is 540 Å². The van der Waals surface area contributed by atoms with Crippen molar-refractivity contribution in [3.05, 3.63) is 9.52 Å². The number of nitrogens with zero attached hydrogens (tertiary/aromatic N) is 6. The second-order valence-electron chi connectivity index (χ2n) is 21.7. The summed E-state index contributed by atoms with van der Waals surface area (Å²) in [5.74, 6) is 6.08. The number of hydrogen-bond donors (Lipinski definition) is 1. The average molecular weight is 1320 g/mol. The number of amides is 6. The van der Waals surface area contributed by atoms with Crippen molar-refractivity contribution in [3.8, 4) is 0 Å². The molecule has 81 heavy (non-hydrogen) atoms. The molecule has 1 fully saturated rings. The van der Waals surface area contributed by atoms with Crippen LogP contribution in [0.15, 0.2) is 9.52 Å². The maximum absolute atomic E-state index is 11.9. The number of carbonyl (C=O) groups excluding carboxylic acids is 6. The van der Waals surface area contributed by atoms with Gasteiger partial charge in [0, 0.05) is 88.5 Å². The van der Waals surface area contributed by atoms with Crippen LogP contribution in [0.2, 0.25) is 0 Å². The highest BCUT2D eigenvalue weighted by molar-refractivity contribution is 8.14. The van der Waals surface area contributed by atoms with Gasteiger partial charge in [0.2, 0.25) is 0 Å². The van der Waals surface area contributed by atoms with Crippen molar-refractivity contribution in [1.29, 1.82) is 0 Å². The van der Waals surface area contributed by atoms with Gasteiger partial charge < -0.3 is 29.4 Å². The lowest BCUT2D eigenvalue weighted by molar-refractivity contribution is 0.182. The van der Waals surface area contributed by atoms with E-state index in [1.165, 1.54) is 79.2 Å². The molecule has 0 aromatic carbocycles. The van der Waals surface area contributed by atoms with Crippen molar-refractivity contribution >= 4 is 138 Å². The molecule has 0 aliphatic heterocycles. The number of halogens is 3. The summed E-state index contributed by atoms with van der Waals surface area (Å²) in [5.41, 5.74) is 0. The van der Waals surface area contributed by atoms with Crippen LogP contribution in [0.25, 0.3) is 0 Å². The van der Waals surface area contributed by atoms with E-state index in [1.54, 1.807) is 9.80 Å². The van der Waals surface area contributed by atoms with Gasteiger partial charge in [-0.05, 0) is 120 Å². The van der Waals surface area contributed by atoms with E-state index in [0.29, 0.717) is 40.5 Å². The summed E-state index contributed by atoms with van der Waals surface area (Å²) in [5, 5.41) is 1.17. The molecule has 0 aromatic rings. The summed E-state index contributed by atoms with van der Waals surface area (Å²) in [7, 11) is 0. The van der Waals surface area contributed by atoms with Crippen molar-refractivity contribution in [2.45, 2.75) is 228 Å². The van der Waals surface area contributed by atoms with E-state index >= 15 is 0 Å². The van der Waals surface area contributed by atoms with Crippen LogP contribution < -0.4 is 0 Å². The maximum atomic E-state index is 11.9. The third kappa shape index (κ3) is 52.4. The molecule has 1 aliphatic carbocycles. The molecule has 0 heterocycles. The Kier molecular flexibility index (Phi) is 64.5. The zero-order valence-corrected chi connectivity index (χ0v) is 62.0. The van der Waals surface area contributed by atoms with Gasteiger partial charge in [0.15, 0.2) is 0 Å². The highest BCUT2D eigenvalue weighted by Gasteiger charge is 2.24. The first-order valence-corrected chi connectivity index (χ1v) is 36.8. The van der Waals surface area contributed by atoms with Gasteiger partial charge in [0.05, 0.1) is 5.03 Å². The van der Waals surface area contributed by atoms with Gasteiger partial charge >= 0.3 is 0 Å². The van der Waals surface area contributed by atoms with Gasteiger partial charge in [0.1, 0.15) is 4.49 Å². The summed E-state index contributed by atoms with van der Waals surface area (Å²) in [6.07, 6.45) is 11.6. The minimum atomic E-state index is -0.108. The highest BCUT2D eigenvalue weighted by Crippen LogP contribution is 2.26. The monoisotopic (exact) mass is 1320 g/mol. The molecular formula is C60H119Cl3N6O6S6. The molecule has 1 aliphatic rings. The first-order chi connectivity index (χ1) is 38.0. The van der Waals surface area contributed by atoms with Gasteiger partial charge in [-0.2, -0.15) is 0 Å². The van der Waals surface area contributed by atoms with Crippen LogP contribution in [-0.4, -0.2) is 167 Å². The molecule has 12 nitrogen and oxygen atoms in total. The lowest BCUT2D eigenvalue weighted by Crippen LogP contribution is -2.39. The SMILES string of the molecule is CC(C)N(C(=O)SCC(Cl)=C(Cl)Cl)C(C)C.CCCN(CCC)C(=O)S.CCCSC(=O)N(CCC)CCC.CCSC(=O)N(CC(C)C)CC(C)C.CCSC(=O)N(CC(C)C)CC(C)C.CCSC(=O)N(CC)C1CCCCC1. The summed E-state index contributed by atoms with van der Waals surface area (Å²) in [6, 6.07) is 0.851. The van der Waals surface area contributed by atoms with Crippen LogP contribution >= 0.6 is 106 Å². The molecule has 0 radical (unpaired) electrons. The Morgan fingerprint density at radius 2 is 0.790 bits per heavy atom. The smallest absolute Gasteiger partial charge is 0.282 e. The van der Waals surface area contributed by atoms with Crippen LogP contribution in [0.3, 0.4) is 0 Å². The fourth-order valence-electron chi connectivity index (χ4n) is 8.01. The standard InChI is InChI=1S/C11H21NOS.2C11H23NOS.C10H16Cl3NOS.C10H21NOS.C7H15NOS/c1-3-12(11(13)14-4-2)10-8-6-5-7-9-10;2*1-6-14-11(13)12(7-9(2)3)8-10(4)5;1-6(2)14(7(3)4)10(15)16-5-8(11)9(12)13;1-4-7-11(8-5-2)10(12)13-9-6-3;1-3-5-8(6-4-2)7(9)10/h10H,3-9H2,1-2H3;2*9-10H,6-8H2,1-5H3;6-7H,5H2,1-4H3;4-9H2,1-3H3;3-6H2,1-2H3,(H,9,10). The Balaban J connectivity index is -0.000000287. The number of thioether (sulfide) groups is 5. The predicted octanol–water partition coefficient (Wildman–Crippen LogP) is 20.8. The average Bonchev–Trinajstić information content (AvgIpc) is 3.37. The van der Waals surface area contributed by atoms with E-state index in [0.717, 1.165) is 126 Å². The largest absolute Gasteiger partial charge is 0.334 e. The minimum absolute atomic E-state index is 0.0160. The third-order valence-electron chi connectivity index (χ3n) is 11.0. The second kappa shape index (κ2) is 58.5. The van der Waals surface area contributed by atoms with E-state index < -0.39 is 0 Å². The second-order valence-corrected chi connectivity index (χ2v) is 29.2. The molecule has 482 valence electrons. The van der Waals surface area contributed by atoms with E-state index in [1.807, 2.05) is 63.2 Å². The molecule has 0 aromatic heterocycles. The summed E-state index contributed by atoms with van der Waals surface area (Å²) >= 11 is 27.3. The first kappa shape index (κ1) is 89.3. The van der Waals surface area contributed by atoms with E-state index in [4.69, 9.17) is 34.8 Å².